The summed E-state index contributed by atoms with van der Waals surface area (Å²) in [4.78, 5) is 11.9. The second-order valence-electron chi connectivity index (χ2n) is 6.65. The monoisotopic (exact) mass is 250 g/mol. The molecule has 6 atom stereocenters. The van der Waals surface area contributed by atoms with Crippen LogP contribution in [0.1, 0.15) is 39.5 Å². The van der Waals surface area contributed by atoms with Gasteiger partial charge in [-0.1, -0.05) is 13.5 Å². The molecule has 3 nitrogen and oxygen atoms in total. The van der Waals surface area contributed by atoms with Gasteiger partial charge in [-0.05, 0) is 50.4 Å². The minimum atomic E-state index is -0.868. The Morgan fingerprint density at radius 3 is 2.83 bits per heavy atom. The lowest BCUT2D eigenvalue weighted by molar-refractivity contribution is -0.204. The normalized spacial score (nSPS) is 51.6. The molecule has 1 aliphatic heterocycles. The summed E-state index contributed by atoms with van der Waals surface area (Å²) in [5, 5.41) is 10.5. The molecule has 0 spiro atoms. The molecule has 3 aliphatic rings. The van der Waals surface area contributed by atoms with E-state index in [1.165, 1.54) is 0 Å². The summed E-state index contributed by atoms with van der Waals surface area (Å²) in [6.45, 7) is 8.02. The molecular weight excluding hydrogens is 228 g/mol. The van der Waals surface area contributed by atoms with Crippen molar-refractivity contribution in [3.63, 3.8) is 0 Å². The molecule has 0 aromatic heterocycles. The number of carbonyl (C=O) groups is 1. The molecular formula is C15H22O3. The Hall–Kier alpha value is -0.830. The largest absolute Gasteiger partial charge is 0.456 e. The van der Waals surface area contributed by atoms with Gasteiger partial charge in [0.05, 0.1) is 5.60 Å². The van der Waals surface area contributed by atoms with Crippen LogP contribution in [-0.4, -0.2) is 22.8 Å². The quantitative estimate of drug-likeness (QED) is 0.530. The maximum atomic E-state index is 11.9. The molecule has 1 N–H and O–H groups in total. The van der Waals surface area contributed by atoms with E-state index in [1.807, 2.05) is 6.92 Å². The Labute approximate surface area is 108 Å². The molecule has 2 saturated carbocycles. The molecule has 0 aromatic rings. The van der Waals surface area contributed by atoms with E-state index in [2.05, 4.69) is 13.5 Å². The highest BCUT2D eigenvalue weighted by Crippen LogP contribution is 2.54. The van der Waals surface area contributed by atoms with Crippen LogP contribution < -0.4 is 0 Å². The Balaban J connectivity index is 2.00. The predicted octanol–water partition coefficient (Wildman–Crippen LogP) is 2.29. The maximum absolute atomic E-state index is 11.9. The zero-order chi connectivity index (χ0) is 13.1. The molecule has 3 heteroatoms. The Bertz CT molecular complexity index is 399. The molecule has 0 aromatic carbocycles. The second-order valence-corrected chi connectivity index (χ2v) is 6.65. The summed E-state index contributed by atoms with van der Waals surface area (Å²) in [5.74, 6) is 1.44. The SMILES string of the molecule is C=C1C(=O)O[C@H]2[C@@H]3[C@@H](CC[C@@]2(C)O)[C@H](C)CC[C@@H]13. The first-order valence-corrected chi connectivity index (χ1v) is 7.04. The number of esters is 1. The minimum absolute atomic E-state index is 0.226. The first-order chi connectivity index (χ1) is 8.42. The minimum Gasteiger partial charge on any atom is -0.456 e. The van der Waals surface area contributed by atoms with Crippen molar-refractivity contribution < 1.29 is 14.6 Å². The second kappa shape index (κ2) is 3.83. The van der Waals surface area contributed by atoms with E-state index in [4.69, 9.17) is 4.74 Å². The van der Waals surface area contributed by atoms with Crippen molar-refractivity contribution in [1.29, 1.82) is 0 Å². The highest BCUT2D eigenvalue weighted by Gasteiger charge is 2.57. The Morgan fingerprint density at radius 2 is 2.11 bits per heavy atom. The lowest BCUT2D eigenvalue weighted by Crippen LogP contribution is -2.60. The molecule has 1 saturated heterocycles. The molecule has 0 unspecified atom stereocenters. The third-order valence-corrected chi connectivity index (χ3v) is 5.51. The number of carbonyl (C=O) groups excluding carboxylic acids is 1. The zero-order valence-electron chi connectivity index (χ0n) is 11.2. The van der Waals surface area contributed by atoms with Gasteiger partial charge in [0.1, 0.15) is 6.10 Å². The van der Waals surface area contributed by atoms with Crippen LogP contribution in [0.4, 0.5) is 0 Å². The standard InChI is InChI=1S/C15H22O3/c1-8-4-5-11-9(2)14(16)18-13-12(11)10(8)6-7-15(13,3)17/h8,10-13,17H,2,4-7H2,1,3H3/t8-,10+,11+,12-,13+,15-/m1/s1. The van der Waals surface area contributed by atoms with Crippen LogP contribution in [0.5, 0.6) is 0 Å². The summed E-state index contributed by atoms with van der Waals surface area (Å²) in [6, 6.07) is 0. The summed E-state index contributed by atoms with van der Waals surface area (Å²) < 4.78 is 5.51. The summed E-state index contributed by atoms with van der Waals surface area (Å²) in [5.41, 5.74) is -0.238. The van der Waals surface area contributed by atoms with Crippen LogP contribution in [0.2, 0.25) is 0 Å². The van der Waals surface area contributed by atoms with Crippen LogP contribution in [0, 0.1) is 23.7 Å². The van der Waals surface area contributed by atoms with Crippen molar-refractivity contribution in [2.75, 3.05) is 0 Å². The molecule has 0 bridgehead atoms. The fourth-order valence-electron chi connectivity index (χ4n) is 4.41. The molecule has 3 rings (SSSR count). The van der Waals surface area contributed by atoms with Gasteiger partial charge in [-0.2, -0.15) is 0 Å². The molecule has 18 heavy (non-hydrogen) atoms. The number of rotatable bonds is 0. The van der Waals surface area contributed by atoms with Crippen molar-refractivity contribution in [3.05, 3.63) is 12.2 Å². The summed E-state index contributed by atoms with van der Waals surface area (Å²) in [7, 11) is 0. The van der Waals surface area contributed by atoms with Crippen LogP contribution in [0.15, 0.2) is 12.2 Å². The van der Waals surface area contributed by atoms with Gasteiger partial charge < -0.3 is 9.84 Å². The van der Waals surface area contributed by atoms with Crippen LogP contribution >= 0.6 is 0 Å². The van der Waals surface area contributed by atoms with Gasteiger partial charge in [-0.25, -0.2) is 4.79 Å². The fraction of sp³-hybridized carbons (Fsp3) is 0.800. The number of ether oxygens (including phenoxy) is 1. The van der Waals surface area contributed by atoms with Crippen LogP contribution in [0.25, 0.3) is 0 Å². The van der Waals surface area contributed by atoms with Crippen LogP contribution in [-0.2, 0) is 9.53 Å². The average Bonchev–Trinajstić information content (AvgIpc) is 2.31. The van der Waals surface area contributed by atoms with E-state index in [9.17, 15) is 9.90 Å². The van der Waals surface area contributed by atoms with E-state index in [-0.39, 0.29) is 23.9 Å². The molecule has 1 heterocycles. The van der Waals surface area contributed by atoms with Gasteiger partial charge in [-0.15, -0.1) is 0 Å². The molecule has 3 fully saturated rings. The van der Waals surface area contributed by atoms with Gasteiger partial charge in [-0.3, -0.25) is 0 Å². The Morgan fingerprint density at radius 1 is 1.39 bits per heavy atom. The first kappa shape index (κ1) is 12.2. The smallest absolute Gasteiger partial charge is 0.334 e. The topological polar surface area (TPSA) is 46.5 Å². The van der Waals surface area contributed by atoms with Gasteiger partial charge in [0.25, 0.3) is 0 Å². The van der Waals surface area contributed by atoms with Gasteiger partial charge >= 0.3 is 5.97 Å². The predicted molar refractivity (Wildman–Crippen MR) is 67.7 cm³/mol. The van der Waals surface area contributed by atoms with E-state index in [0.29, 0.717) is 17.4 Å². The fourth-order valence-corrected chi connectivity index (χ4v) is 4.41. The van der Waals surface area contributed by atoms with Crippen molar-refractivity contribution in [2.45, 2.75) is 51.2 Å². The lowest BCUT2D eigenvalue weighted by atomic mass is 9.55. The molecule has 0 radical (unpaired) electrons. The average molecular weight is 250 g/mol. The van der Waals surface area contributed by atoms with Crippen molar-refractivity contribution >= 4 is 5.97 Å². The molecule has 0 amide bonds. The molecule has 2 aliphatic carbocycles. The summed E-state index contributed by atoms with van der Waals surface area (Å²) >= 11 is 0. The van der Waals surface area contributed by atoms with Gasteiger partial charge in [0.2, 0.25) is 0 Å². The van der Waals surface area contributed by atoms with E-state index >= 15 is 0 Å². The van der Waals surface area contributed by atoms with Crippen molar-refractivity contribution in [2.24, 2.45) is 23.7 Å². The van der Waals surface area contributed by atoms with Gasteiger partial charge in [0, 0.05) is 11.5 Å². The van der Waals surface area contributed by atoms with E-state index < -0.39 is 5.60 Å². The van der Waals surface area contributed by atoms with Gasteiger partial charge in [0.15, 0.2) is 0 Å². The highest BCUT2D eigenvalue weighted by atomic mass is 16.6. The number of hydrogen-bond donors (Lipinski definition) is 1. The van der Waals surface area contributed by atoms with Crippen LogP contribution in [0.3, 0.4) is 0 Å². The lowest BCUT2D eigenvalue weighted by Gasteiger charge is -2.55. The first-order valence-electron chi connectivity index (χ1n) is 7.04. The molecule has 100 valence electrons. The third kappa shape index (κ3) is 1.56. The van der Waals surface area contributed by atoms with Crippen molar-refractivity contribution in [1.82, 2.24) is 0 Å². The Kier molecular flexibility index (Phi) is 2.60. The summed E-state index contributed by atoms with van der Waals surface area (Å²) in [6.07, 6.45) is 3.62. The highest BCUT2D eigenvalue weighted by molar-refractivity contribution is 5.89. The maximum Gasteiger partial charge on any atom is 0.334 e. The van der Waals surface area contributed by atoms with E-state index in [0.717, 1.165) is 25.7 Å². The number of aliphatic hydroxyl groups is 1. The van der Waals surface area contributed by atoms with Crippen molar-refractivity contribution in [3.8, 4) is 0 Å². The third-order valence-electron chi connectivity index (χ3n) is 5.51. The van der Waals surface area contributed by atoms with E-state index in [1.54, 1.807) is 0 Å². The zero-order valence-corrected chi connectivity index (χ0v) is 11.2. The number of hydrogen-bond acceptors (Lipinski definition) is 3.